The standard InChI is InChI=1S/C18H23N5O/c1-2-10-19-18(24)16-8-9-17(21-20-16)23-13-11-22(12-14-23)15-6-4-3-5-7-15/h3-9H,2,10-14H2,1H3,(H,19,24). The molecule has 2 aromatic rings. The summed E-state index contributed by atoms with van der Waals surface area (Å²) in [4.78, 5) is 16.4. The van der Waals surface area contributed by atoms with E-state index in [1.165, 1.54) is 5.69 Å². The Morgan fingerprint density at radius 1 is 1.00 bits per heavy atom. The van der Waals surface area contributed by atoms with E-state index in [-0.39, 0.29) is 5.91 Å². The maximum atomic E-state index is 11.9. The number of anilines is 2. The second-order valence-corrected chi connectivity index (χ2v) is 5.84. The lowest BCUT2D eigenvalue weighted by Gasteiger charge is -2.36. The van der Waals surface area contributed by atoms with E-state index in [0.29, 0.717) is 12.2 Å². The smallest absolute Gasteiger partial charge is 0.271 e. The molecule has 0 atom stereocenters. The van der Waals surface area contributed by atoms with Crippen molar-refractivity contribution in [2.24, 2.45) is 0 Å². The number of hydrogen-bond donors (Lipinski definition) is 1. The Morgan fingerprint density at radius 3 is 2.33 bits per heavy atom. The predicted molar refractivity (Wildman–Crippen MR) is 95.5 cm³/mol. The van der Waals surface area contributed by atoms with Gasteiger partial charge in [0.1, 0.15) is 0 Å². The highest BCUT2D eigenvalue weighted by Gasteiger charge is 2.19. The molecule has 3 rings (SSSR count). The van der Waals surface area contributed by atoms with Crippen LogP contribution in [0.25, 0.3) is 0 Å². The van der Waals surface area contributed by atoms with Gasteiger partial charge in [0.25, 0.3) is 5.91 Å². The molecule has 0 saturated carbocycles. The Balaban J connectivity index is 1.57. The largest absolute Gasteiger partial charge is 0.368 e. The molecule has 1 N–H and O–H groups in total. The molecule has 0 spiro atoms. The van der Waals surface area contributed by atoms with Gasteiger partial charge in [0, 0.05) is 38.4 Å². The summed E-state index contributed by atoms with van der Waals surface area (Å²) >= 11 is 0. The van der Waals surface area contributed by atoms with Gasteiger partial charge >= 0.3 is 0 Å². The highest BCUT2D eigenvalue weighted by atomic mass is 16.1. The van der Waals surface area contributed by atoms with Gasteiger partial charge in [0.15, 0.2) is 11.5 Å². The van der Waals surface area contributed by atoms with Gasteiger partial charge in [-0.05, 0) is 30.7 Å². The molecule has 1 amide bonds. The van der Waals surface area contributed by atoms with E-state index >= 15 is 0 Å². The molecule has 1 aliphatic rings. The van der Waals surface area contributed by atoms with E-state index in [0.717, 1.165) is 38.4 Å². The van der Waals surface area contributed by atoms with Crippen molar-refractivity contribution in [3.8, 4) is 0 Å². The fraction of sp³-hybridized carbons (Fsp3) is 0.389. The van der Waals surface area contributed by atoms with Crippen LogP contribution in [-0.4, -0.2) is 48.8 Å². The zero-order chi connectivity index (χ0) is 16.8. The summed E-state index contributed by atoms with van der Waals surface area (Å²) in [6.07, 6.45) is 0.906. The number of hydrogen-bond acceptors (Lipinski definition) is 5. The quantitative estimate of drug-likeness (QED) is 0.910. The van der Waals surface area contributed by atoms with Crippen molar-refractivity contribution in [2.75, 3.05) is 42.5 Å². The van der Waals surface area contributed by atoms with Crippen molar-refractivity contribution >= 4 is 17.4 Å². The van der Waals surface area contributed by atoms with Crippen molar-refractivity contribution in [3.63, 3.8) is 0 Å². The van der Waals surface area contributed by atoms with Crippen LogP contribution in [0.3, 0.4) is 0 Å². The summed E-state index contributed by atoms with van der Waals surface area (Å²) in [5.74, 6) is 0.666. The minimum Gasteiger partial charge on any atom is -0.368 e. The lowest BCUT2D eigenvalue weighted by molar-refractivity contribution is 0.0947. The predicted octanol–water partition coefficient (Wildman–Crippen LogP) is 1.94. The molecular formula is C18H23N5O. The normalized spacial score (nSPS) is 14.5. The first kappa shape index (κ1) is 16.2. The Morgan fingerprint density at radius 2 is 1.71 bits per heavy atom. The van der Waals surface area contributed by atoms with Gasteiger partial charge < -0.3 is 15.1 Å². The van der Waals surface area contributed by atoms with Crippen LogP contribution in [0.2, 0.25) is 0 Å². The second kappa shape index (κ2) is 7.77. The van der Waals surface area contributed by atoms with Crippen LogP contribution < -0.4 is 15.1 Å². The van der Waals surface area contributed by atoms with Gasteiger partial charge in [-0.25, -0.2) is 0 Å². The Hall–Kier alpha value is -2.63. The average molecular weight is 325 g/mol. The average Bonchev–Trinajstić information content (AvgIpc) is 2.67. The molecule has 1 aromatic heterocycles. The van der Waals surface area contributed by atoms with Gasteiger partial charge in [-0.15, -0.1) is 10.2 Å². The zero-order valence-electron chi connectivity index (χ0n) is 14.0. The van der Waals surface area contributed by atoms with E-state index in [4.69, 9.17) is 0 Å². The van der Waals surface area contributed by atoms with Crippen LogP contribution in [0.1, 0.15) is 23.8 Å². The maximum absolute atomic E-state index is 11.9. The highest BCUT2D eigenvalue weighted by Crippen LogP contribution is 2.18. The van der Waals surface area contributed by atoms with Crippen LogP contribution in [0.15, 0.2) is 42.5 Å². The topological polar surface area (TPSA) is 61.4 Å². The van der Waals surface area contributed by atoms with Gasteiger partial charge in [0.2, 0.25) is 0 Å². The molecule has 6 nitrogen and oxygen atoms in total. The molecular weight excluding hydrogens is 302 g/mol. The van der Waals surface area contributed by atoms with Crippen LogP contribution in [0.4, 0.5) is 11.5 Å². The van der Waals surface area contributed by atoms with Crippen molar-refractivity contribution in [1.82, 2.24) is 15.5 Å². The first-order valence-electron chi connectivity index (χ1n) is 8.45. The van der Waals surface area contributed by atoms with Gasteiger partial charge in [0.05, 0.1) is 0 Å². The fourth-order valence-corrected chi connectivity index (χ4v) is 2.78. The van der Waals surface area contributed by atoms with E-state index in [1.54, 1.807) is 6.07 Å². The maximum Gasteiger partial charge on any atom is 0.271 e. The molecule has 24 heavy (non-hydrogen) atoms. The van der Waals surface area contributed by atoms with E-state index in [9.17, 15) is 4.79 Å². The number of nitrogens with zero attached hydrogens (tertiary/aromatic N) is 4. The number of nitrogens with one attached hydrogen (secondary N) is 1. The molecule has 0 aliphatic carbocycles. The number of aromatic nitrogens is 2. The SMILES string of the molecule is CCCNC(=O)c1ccc(N2CCN(c3ccccc3)CC2)nn1. The molecule has 0 bridgehead atoms. The van der Waals surface area contributed by atoms with Crippen LogP contribution in [0.5, 0.6) is 0 Å². The number of piperazine rings is 1. The number of rotatable bonds is 5. The van der Waals surface area contributed by atoms with Crippen LogP contribution in [0, 0.1) is 0 Å². The van der Waals surface area contributed by atoms with Crippen molar-refractivity contribution < 1.29 is 4.79 Å². The first-order valence-corrected chi connectivity index (χ1v) is 8.45. The summed E-state index contributed by atoms with van der Waals surface area (Å²) in [5, 5.41) is 11.1. The van der Waals surface area contributed by atoms with Crippen LogP contribution in [-0.2, 0) is 0 Å². The molecule has 126 valence electrons. The van der Waals surface area contributed by atoms with Crippen LogP contribution >= 0.6 is 0 Å². The summed E-state index contributed by atoms with van der Waals surface area (Å²) in [7, 11) is 0. The summed E-state index contributed by atoms with van der Waals surface area (Å²) in [6.45, 7) is 6.36. The third kappa shape index (κ3) is 3.82. The molecule has 1 aliphatic heterocycles. The third-order valence-electron chi connectivity index (χ3n) is 4.14. The minimum atomic E-state index is -0.162. The van der Waals surface area contributed by atoms with Gasteiger partial charge in [-0.3, -0.25) is 4.79 Å². The molecule has 0 unspecified atom stereocenters. The Kier molecular flexibility index (Phi) is 5.25. The fourth-order valence-electron chi connectivity index (χ4n) is 2.78. The molecule has 0 radical (unpaired) electrons. The minimum absolute atomic E-state index is 0.162. The second-order valence-electron chi connectivity index (χ2n) is 5.84. The van der Waals surface area contributed by atoms with Crippen molar-refractivity contribution in [3.05, 3.63) is 48.2 Å². The lowest BCUT2D eigenvalue weighted by atomic mass is 10.2. The molecule has 6 heteroatoms. The van der Waals surface area contributed by atoms with E-state index in [1.807, 2.05) is 19.1 Å². The number of amides is 1. The Bertz CT molecular complexity index is 651. The van der Waals surface area contributed by atoms with Crippen molar-refractivity contribution in [1.29, 1.82) is 0 Å². The Labute approximate surface area is 142 Å². The van der Waals surface area contributed by atoms with Gasteiger partial charge in [-0.2, -0.15) is 0 Å². The van der Waals surface area contributed by atoms with E-state index < -0.39 is 0 Å². The first-order chi connectivity index (χ1) is 11.8. The molecule has 1 fully saturated rings. The van der Waals surface area contributed by atoms with Crippen molar-refractivity contribution in [2.45, 2.75) is 13.3 Å². The monoisotopic (exact) mass is 325 g/mol. The highest BCUT2D eigenvalue weighted by molar-refractivity contribution is 5.92. The molecule has 1 saturated heterocycles. The van der Waals surface area contributed by atoms with Gasteiger partial charge in [-0.1, -0.05) is 25.1 Å². The number of para-hydroxylation sites is 1. The summed E-state index contributed by atoms with van der Waals surface area (Å²) < 4.78 is 0. The summed E-state index contributed by atoms with van der Waals surface area (Å²) in [5.41, 5.74) is 1.63. The summed E-state index contributed by atoms with van der Waals surface area (Å²) in [6, 6.07) is 14.1. The molecule has 1 aromatic carbocycles. The lowest BCUT2D eigenvalue weighted by Crippen LogP contribution is -2.46. The van der Waals surface area contributed by atoms with E-state index in [2.05, 4.69) is 49.6 Å². The third-order valence-corrected chi connectivity index (χ3v) is 4.14. The number of carbonyl (C=O) groups is 1. The number of carbonyl (C=O) groups excluding carboxylic acids is 1. The molecule has 2 heterocycles. The number of benzene rings is 1. The zero-order valence-corrected chi connectivity index (χ0v) is 14.0.